The number of methoxy groups -OCH3 is 1. The Morgan fingerprint density at radius 2 is 1.91 bits per heavy atom. The van der Waals surface area contributed by atoms with Gasteiger partial charge in [0.05, 0.1) is 19.9 Å². The zero-order valence-corrected chi connectivity index (χ0v) is 18.6. The molecule has 0 aliphatic heterocycles. The van der Waals surface area contributed by atoms with Crippen LogP contribution in [0, 0.1) is 5.82 Å². The molecule has 0 saturated carbocycles. The highest BCUT2D eigenvalue weighted by molar-refractivity contribution is 7.89. The lowest BCUT2D eigenvalue weighted by Gasteiger charge is -2.13. The topological polar surface area (TPSA) is 110 Å². The summed E-state index contributed by atoms with van der Waals surface area (Å²) in [5, 5.41) is 0.473. The van der Waals surface area contributed by atoms with Gasteiger partial charge < -0.3 is 14.3 Å². The molecule has 8 nitrogen and oxygen atoms in total. The third-order valence-corrected chi connectivity index (χ3v) is 5.69. The third-order valence-electron chi connectivity index (χ3n) is 5.14. The Hall–Kier alpha value is -3.92. The fourth-order valence-electron chi connectivity index (χ4n) is 3.77. The van der Waals surface area contributed by atoms with E-state index in [1.165, 1.54) is 30.0 Å². The molecule has 4 aromatic rings. The van der Waals surface area contributed by atoms with Crippen LogP contribution in [0.4, 0.5) is 4.39 Å². The van der Waals surface area contributed by atoms with Crippen molar-refractivity contribution in [2.45, 2.75) is 6.54 Å². The van der Waals surface area contributed by atoms with Crippen molar-refractivity contribution in [3.8, 4) is 16.9 Å². The number of benzene rings is 2. The Kier molecular flexibility index (Phi) is 5.77. The summed E-state index contributed by atoms with van der Waals surface area (Å²) < 4.78 is 47.1. The van der Waals surface area contributed by atoms with Gasteiger partial charge >= 0.3 is 0 Å². The molecule has 0 fully saturated rings. The van der Waals surface area contributed by atoms with Crippen molar-refractivity contribution in [1.82, 2.24) is 14.3 Å². The van der Waals surface area contributed by atoms with Gasteiger partial charge in [-0.3, -0.25) is 9.59 Å². The van der Waals surface area contributed by atoms with Crippen molar-refractivity contribution >= 4 is 26.8 Å². The number of nitrogens with zero attached hydrogens (tertiary/aromatic N) is 1. The van der Waals surface area contributed by atoms with E-state index < -0.39 is 27.3 Å². The van der Waals surface area contributed by atoms with Crippen LogP contribution in [0.5, 0.6) is 5.75 Å². The standard InChI is InChI=1S/C23H20FN3O5S/c1-32-15-9-10-19-17(12-15)20(16-7-5-11-25-22(16)28)21(23(29)26-33(2,30)31)27(19)13-14-6-3-4-8-18(14)24/h3-12H,13H2,1-2H3,(H,25,28)(H,26,29). The lowest BCUT2D eigenvalue weighted by molar-refractivity contribution is 0.0974. The number of carbonyl (C=O) groups excluding carboxylic acids is 1. The van der Waals surface area contributed by atoms with Crippen molar-refractivity contribution < 1.29 is 22.3 Å². The number of amides is 1. The predicted octanol–water partition coefficient (Wildman–Crippen LogP) is 2.88. The fraction of sp³-hybridized carbons (Fsp3) is 0.130. The molecular weight excluding hydrogens is 449 g/mol. The van der Waals surface area contributed by atoms with Crippen molar-refractivity contribution in [3.63, 3.8) is 0 Å². The van der Waals surface area contributed by atoms with Gasteiger partial charge in [0.2, 0.25) is 10.0 Å². The first-order valence-corrected chi connectivity index (χ1v) is 11.7. The number of pyridine rings is 1. The minimum atomic E-state index is -3.93. The largest absolute Gasteiger partial charge is 0.497 e. The molecule has 33 heavy (non-hydrogen) atoms. The summed E-state index contributed by atoms with van der Waals surface area (Å²) in [6.07, 6.45) is 2.30. The van der Waals surface area contributed by atoms with Gasteiger partial charge in [-0.05, 0) is 36.4 Å². The number of hydrogen-bond acceptors (Lipinski definition) is 5. The number of nitrogens with one attached hydrogen (secondary N) is 2. The van der Waals surface area contributed by atoms with Gasteiger partial charge in [0.25, 0.3) is 11.5 Å². The SMILES string of the molecule is COc1ccc2c(c1)c(-c1ccc[nH]c1=O)c(C(=O)NS(C)(=O)=O)n2Cc1ccccc1F. The average Bonchev–Trinajstić information content (AvgIpc) is 3.08. The van der Waals surface area contributed by atoms with Crippen LogP contribution < -0.4 is 15.0 Å². The van der Waals surface area contributed by atoms with Gasteiger partial charge in [-0.25, -0.2) is 17.5 Å². The molecule has 2 aromatic carbocycles. The van der Waals surface area contributed by atoms with E-state index in [9.17, 15) is 22.4 Å². The molecule has 10 heteroatoms. The van der Waals surface area contributed by atoms with Crippen molar-refractivity contribution in [2.75, 3.05) is 13.4 Å². The summed E-state index contributed by atoms with van der Waals surface area (Å²) in [4.78, 5) is 28.5. The first-order valence-electron chi connectivity index (χ1n) is 9.83. The molecule has 0 saturated heterocycles. The number of sulfonamides is 1. The molecule has 170 valence electrons. The summed E-state index contributed by atoms with van der Waals surface area (Å²) in [7, 11) is -2.45. The summed E-state index contributed by atoms with van der Waals surface area (Å²) in [5.41, 5.74) is 0.579. The fourth-order valence-corrected chi connectivity index (χ4v) is 4.20. The van der Waals surface area contributed by atoms with Crippen LogP contribution >= 0.6 is 0 Å². The predicted molar refractivity (Wildman–Crippen MR) is 122 cm³/mol. The molecule has 0 bridgehead atoms. The minimum absolute atomic E-state index is 0.0766. The number of H-pyrrole nitrogens is 1. The van der Waals surface area contributed by atoms with E-state index >= 15 is 0 Å². The van der Waals surface area contributed by atoms with Gasteiger partial charge in [0, 0.05) is 33.8 Å². The Balaban J connectivity index is 2.11. The molecule has 0 aliphatic rings. The highest BCUT2D eigenvalue weighted by Crippen LogP contribution is 2.36. The Bertz CT molecular complexity index is 1540. The number of fused-ring (bicyclic) bond motifs is 1. The molecular formula is C23H20FN3O5S. The van der Waals surface area contributed by atoms with Crippen LogP contribution in [0.25, 0.3) is 22.0 Å². The van der Waals surface area contributed by atoms with Crippen LogP contribution in [0.3, 0.4) is 0 Å². The summed E-state index contributed by atoms with van der Waals surface area (Å²) in [6, 6.07) is 14.2. The molecule has 0 unspecified atom stereocenters. The number of ether oxygens (including phenoxy) is 1. The zero-order valence-electron chi connectivity index (χ0n) is 17.8. The summed E-state index contributed by atoms with van der Waals surface area (Å²) in [6.45, 7) is -0.0766. The molecule has 2 heterocycles. The lowest BCUT2D eigenvalue weighted by atomic mass is 10.0. The van der Waals surface area contributed by atoms with Gasteiger partial charge in [0.15, 0.2) is 0 Å². The molecule has 2 aromatic heterocycles. The van der Waals surface area contributed by atoms with E-state index in [0.717, 1.165) is 6.26 Å². The molecule has 0 radical (unpaired) electrons. The van der Waals surface area contributed by atoms with E-state index in [1.807, 2.05) is 4.72 Å². The molecule has 1 amide bonds. The van der Waals surface area contributed by atoms with Crippen LogP contribution in [0.15, 0.2) is 65.6 Å². The molecule has 2 N–H and O–H groups in total. The van der Waals surface area contributed by atoms with Gasteiger partial charge in [-0.2, -0.15) is 0 Å². The quantitative estimate of drug-likeness (QED) is 0.451. The monoisotopic (exact) mass is 469 g/mol. The van der Waals surface area contributed by atoms with Gasteiger partial charge in [0.1, 0.15) is 17.3 Å². The number of carbonyl (C=O) groups is 1. The van der Waals surface area contributed by atoms with Crippen LogP contribution in [-0.2, 0) is 16.6 Å². The van der Waals surface area contributed by atoms with E-state index in [1.54, 1.807) is 42.5 Å². The second kappa shape index (κ2) is 8.55. The first-order chi connectivity index (χ1) is 15.7. The van der Waals surface area contributed by atoms with Crippen LogP contribution in [0.1, 0.15) is 16.1 Å². The minimum Gasteiger partial charge on any atom is -0.497 e. The number of hydrogen-bond donors (Lipinski definition) is 2. The summed E-state index contributed by atoms with van der Waals surface area (Å²) in [5.74, 6) is -0.960. The Morgan fingerprint density at radius 1 is 1.15 bits per heavy atom. The maximum atomic E-state index is 14.5. The van der Waals surface area contributed by atoms with Crippen LogP contribution in [-0.4, -0.2) is 37.2 Å². The van der Waals surface area contributed by atoms with Gasteiger partial charge in [-0.1, -0.05) is 18.2 Å². The maximum Gasteiger partial charge on any atom is 0.282 e. The normalized spacial score (nSPS) is 11.5. The molecule has 0 aliphatic carbocycles. The third kappa shape index (κ3) is 4.37. The number of rotatable bonds is 6. The van der Waals surface area contributed by atoms with Gasteiger partial charge in [-0.15, -0.1) is 0 Å². The molecule has 4 rings (SSSR count). The zero-order chi connectivity index (χ0) is 23.8. The van der Waals surface area contributed by atoms with E-state index in [4.69, 9.17) is 4.74 Å². The Labute approximate surface area is 188 Å². The van der Waals surface area contributed by atoms with E-state index in [2.05, 4.69) is 4.98 Å². The van der Waals surface area contributed by atoms with E-state index in [-0.39, 0.29) is 28.9 Å². The number of halogens is 1. The number of aromatic nitrogens is 2. The van der Waals surface area contributed by atoms with Crippen LogP contribution in [0.2, 0.25) is 0 Å². The average molecular weight is 469 g/mol. The van der Waals surface area contributed by atoms with E-state index in [0.29, 0.717) is 16.7 Å². The second-order valence-corrected chi connectivity index (χ2v) is 9.15. The first kappa shape index (κ1) is 22.3. The second-order valence-electron chi connectivity index (χ2n) is 7.40. The van der Waals surface area contributed by atoms with Crippen molar-refractivity contribution in [1.29, 1.82) is 0 Å². The molecule has 0 spiro atoms. The highest BCUT2D eigenvalue weighted by atomic mass is 32.2. The lowest BCUT2D eigenvalue weighted by Crippen LogP contribution is -2.32. The summed E-state index contributed by atoms with van der Waals surface area (Å²) >= 11 is 0. The smallest absolute Gasteiger partial charge is 0.282 e. The Morgan fingerprint density at radius 3 is 2.58 bits per heavy atom. The van der Waals surface area contributed by atoms with Crippen molar-refractivity contribution in [2.24, 2.45) is 0 Å². The maximum absolute atomic E-state index is 14.5. The number of aromatic amines is 1. The van der Waals surface area contributed by atoms with Crippen molar-refractivity contribution in [3.05, 3.63) is 88.2 Å². The highest BCUT2D eigenvalue weighted by Gasteiger charge is 2.27. The molecule has 0 atom stereocenters.